The Bertz CT molecular complexity index is 1260. The molecule has 1 heterocycles. The third-order valence-corrected chi connectivity index (χ3v) is 5.36. The average Bonchev–Trinajstić information content (AvgIpc) is 3.08. The van der Waals surface area contributed by atoms with Gasteiger partial charge in [-0.15, -0.1) is 0 Å². The first-order valence-electron chi connectivity index (χ1n) is 10.3. The molecule has 0 aliphatic carbocycles. The number of para-hydroxylation sites is 1. The Labute approximate surface area is 192 Å². The quantitative estimate of drug-likeness (QED) is 0.271. The molecule has 1 aromatic heterocycles. The van der Waals surface area contributed by atoms with Crippen molar-refractivity contribution in [2.75, 3.05) is 12.4 Å². The number of carbonyl (C=O) groups excluding carboxylic acids is 3. The van der Waals surface area contributed by atoms with Crippen LogP contribution in [-0.2, 0) is 14.3 Å². The number of benzene rings is 2. The minimum absolute atomic E-state index is 0.432. The van der Waals surface area contributed by atoms with Crippen molar-refractivity contribution < 1.29 is 19.1 Å². The zero-order valence-corrected chi connectivity index (χ0v) is 19.2. The molecule has 0 atom stereocenters. The van der Waals surface area contributed by atoms with Crippen molar-refractivity contribution >= 4 is 29.7 Å². The molecule has 0 unspecified atom stereocenters. The van der Waals surface area contributed by atoms with Crippen molar-refractivity contribution in [3.8, 4) is 5.69 Å². The smallest absolute Gasteiger partial charge is 0.339 e. The summed E-state index contributed by atoms with van der Waals surface area (Å²) in [4.78, 5) is 36.4. The number of methoxy groups -OCH3 is 1. The number of anilines is 1. The van der Waals surface area contributed by atoms with Crippen LogP contribution in [0.3, 0.4) is 0 Å². The summed E-state index contributed by atoms with van der Waals surface area (Å²) in [6.07, 6.45) is 1.46. The number of ether oxygens (including phenoxy) is 1. The first kappa shape index (κ1) is 23.5. The number of aromatic nitrogens is 1. The lowest BCUT2D eigenvalue weighted by atomic mass is 10.1. The molecular formula is C25H26N4O4. The van der Waals surface area contributed by atoms with Crippen LogP contribution in [0.4, 0.5) is 5.69 Å². The van der Waals surface area contributed by atoms with E-state index in [0.717, 1.165) is 28.1 Å². The van der Waals surface area contributed by atoms with Crippen molar-refractivity contribution in [2.24, 2.45) is 5.10 Å². The number of carbonyl (C=O) groups is 3. The van der Waals surface area contributed by atoms with Gasteiger partial charge in [-0.2, -0.15) is 5.10 Å². The molecule has 3 aromatic rings. The van der Waals surface area contributed by atoms with E-state index in [1.165, 1.54) is 13.3 Å². The number of hydrogen-bond donors (Lipinski definition) is 2. The summed E-state index contributed by atoms with van der Waals surface area (Å²) in [5.41, 5.74) is 8.39. The highest BCUT2D eigenvalue weighted by molar-refractivity contribution is 6.39. The molecule has 2 amide bonds. The van der Waals surface area contributed by atoms with Crippen LogP contribution in [-0.4, -0.2) is 35.7 Å². The SMILES string of the molecule is COC(=O)c1ccccc1-n1c(C)cc(/C=N\NC(=O)C(=O)Nc2ccc(C)c(C)c2)c1C. The number of rotatable bonds is 5. The highest BCUT2D eigenvalue weighted by atomic mass is 16.5. The number of hydrogen-bond acceptors (Lipinski definition) is 5. The highest BCUT2D eigenvalue weighted by Gasteiger charge is 2.17. The summed E-state index contributed by atoms with van der Waals surface area (Å²) in [6.45, 7) is 7.66. The number of nitrogens with one attached hydrogen (secondary N) is 2. The molecule has 0 bridgehead atoms. The highest BCUT2D eigenvalue weighted by Crippen LogP contribution is 2.23. The van der Waals surface area contributed by atoms with Gasteiger partial charge in [0.25, 0.3) is 0 Å². The minimum Gasteiger partial charge on any atom is -0.465 e. The third-order valence-electron chi connectivity index (χ3n) is 5.36. The molecule has 0 radical (unpaired) electrons. The molecule has 8 heteroatoms. The largest absolute Gasteiger partial charge is 0.465 e. The van der Waals surface area contributed by atoms with Crippen LogP contribution in [0.25, 0.3) is 5.69 Å². The summed E-state index contributed by atoms with van der Waals surface area (Å²) < 4.78 is 6.79. The van der Waals surface area contributed by atoms with Gasteiger partial charge in [-0.25, -0.2) is 10.2 Å². The number of aryl methyl sites for hydroxylation is 3. The van der Waals surface area contributed by atoms with Gasteiger partial charge in [-0.05, 0) is 69.2 Å². The Hall–Kier alpha value is -4.20. The van der Waals surface area contributed by atoms with E-state index in [1.54, 1.807) is 24.3 Å². The molecule has 2 N–H and O–H groups in total. The number of esters is 1. The Morgan fingerprint density at radius 3 is 2.36 bits per heavy atom. The lowest BCUT2D eigenvalue weighted by Crippen LogP contribution is -2.32. The minimum atomic E-state index is -0.880. The zero-order valence-electron chi connectivity index (χ0n) is 19.2. The van der Waals surface area contributed by atoms with Gasteiger partial charge in [-0.3, -0.25) is 9.59 Å². The maximum atomic E-state index is 12.2. The summed E-state index contributed by atoms with van der Waals surface area (Å²) in [7, 11) is 1.34. The van der Waals surface area contributed by atoms with Crippen molar-refractivity contribution in [1.29, 1.82) is 0 Å². The van der Waals surface area contributed by atoms with E-state index < -0.39 is 17.8 Å². The first-order valence-corrected chi connectivity index (χ1v) is 10.3. The van der Waals surface area contributed by atoms with Gasteiger partial charge in [0, 0.05) is 22.6 Å². The van der Waals surface area contributed by atoms with Crippen LogP contribution in [0.1, 0.15) is 38.4 Å². The molecule has 0 saturated heterocycles. The predicted molar refractivity (Wildman–Crippen MR) is 127 cm³/mol. The van der Waals surface area contributed by atoms with Crippen LogP contribution in [0, 0.1) is 27.7 Å². The molecule has 0 aliphatic rings. The fraction of sp³-hybridized carbons (Fsp3) is 0.200. The molecule has 8 nitrogen and oxygen atoms in total. The normalized spacial score (nSPS) is 10.8. The van der Waals surface area contributed by atoms with Crippen LogP contribution in [0.2, 0.25) is 0 Å². The summed E-state index contributed by atoms with van der Waals surface area (Å²) in [5, 5.41) is 6.48. The molecule has 0 saturated carbocycles. The lowest BCUT2D eigenvalue weighted by Gasteiger charge is -2.13. The van der Waals surface area contributed by atoms with Gasteiger partial charge in [0.05, 0.1) is 24.6 Å². The zero-order chi connectivity index (χ0) is 24.1. The monoisotopic (exact) mass is 446 g/mol. The van der Waals surface area contributed by atoms with Gasteiger partial charge < -0.3 is 14.6 Å². The Morgan fingerprint density at radius 2 is 1.67 bits per heavy atom. The molecule has 0 spiro atoms. The second kappa shape index (κ2) is 9.95. The van der Waals surface area contributed by atoms with Crippen molar-refractivity contribution in [1.82, 2.24) is 9.99 Å². The second-order valence-electron chi connectivity index (χ2n) is 7.62. The van der Waals surface area contributed by atoms with Crippen LogP contribution in [0.5, 0.6) is 0 Å². The third kappa shape index (κ3) is 5.17. The molecule has 33 heavy (non-hydrogen) atoms. The summed E-state index contributed by atoms with van der Waals surface area (Å²) in [5.74, 6) is -2.13. The maximum Gasteiger partial charge on any atom is 0.339 e. The Morgan fingerprint density at radius 1 is 0.939 bits per heavy atom. The van der Waals surface area contributed by atoms with Crippen molar-refractivity contribution in [3.05, 3.63) is 82.2 Å². The molecule has 0 aliphatic heterocycles. The molecule has 0 fully saturated rings. The number of amides is 2. The average molecular weight is 447 g/mol. The summed E-state index contributed by atoms with van der Waals surface area (Å²) >= 11 is 0. The Balaban J connectivity index is 1.74. The fourth-order valence-corrected chi connectivity index (χ4v) is 3.46. The van der Waals surface area contributed by atoms with Crippen LogP contribution >= 0.6 is 0 Å². The van der Waals surface area contributed by atoms with Gasteiger partial charge >= 0.3 is 17.8 Å². The number of nitrogens with zero attached hydrogens (tertiary/aromatic N) is 2. The number of hydrazone groups is 1. The van der Waals surface area contributed by atoms with E-state index in [0.29, 0.717) is 16.9 Å². The Kier molecular flexibility index (Phi) is 7.07. The first-order chi connectivity index (χ1) is 15.7. The fourth-order valence-electron chi connectivity index (χ4n) is 3.46. The summed E-state index contributed by atoms with van der Waals surface area (Å²) in [6, 6.07) is 14.4. The van der Waals surface area contributed by atoms with Gasteiger partial charge in [-0.1, -0.05) is 18.2 Å². The van der Waals surface area contributed by atoms with E-state index in [1.807, 2.05) is 56.5 Å². The van der Waals surface area contributed by atoms with E-state index in [4.69, 9.17) is 4.74 Å². The van der Waals surface area contributed by atoms with Crippen molar-refractivity contribution in [2.45, 2.75) is 27.7 Å². The standard InChI is InChI=1S/C25H26N4O4/c1-15-10-11-20(12-16(15)2)27-23(30)24(31)28-26-14-19-13-17(3)29(18(19)4)22-9-7-6-8-21(22)25(32)33-5/h6-14H,1-5H3,(H,27,30)(H,28,31)/b26-14-. The second-order valence-corrected chi connectivity index (χ2v) is 7.62. The molecule has 2 aromatic carbocycles. The lowest BCUT2D eigenvalue weighted by molar-refractivity contribution is -0.136. The van der Waals surface area contributed by atoms with E-state index in [-0.39, 0.29) is 0 Å². The maximum absolute atomic E-state index is 12.2. The predicted octanol–water partition coefficient (Wildman–Crippen LogP) is 3.59. The van der Waals surface area contributed by atoms with Crippen LogP contribution in [0.15, 0.2) is 53.6 Å². The topological polar surface area (TPSA) is 102 Å². The van der Waals surface area contributed by atoms with E-state index >= 15 is 0 Å². The molecular weight excluding hydrogens is 420 g/mol. The van der Waals surface area contributed by atoms with Crippen molar-refractivity contribution in [3.63, 3.8) is 0 Å². The molecule has 170 valence electrons. The van der Waals surface area contributed by atoms with Crippen LogP contribution < -0.4 is 10.7 Å². The van der Waals surface area contributed by atoms with Gasteiger partial charge in [0.1, 0.15) is 0 Å². The van der Waals surface area contributed by atoms with E-state index in [9.17, 15) is 14.4 Å². The van der Waals surface area contributed by atoms with Gasteiger partial charge in [0.15, 0.2) is 0 Å². The molecule has 3 rings (SSSR count). The van der Waals surface area contributed by atoms with Gasteiger partial charge in [0.2, 0.25) is 0 Å². The van der Waals surface area contributed by atoms with E-state index in [2.05, 4.69) is 15.8 Å².